The molecule has 0 aliphatic carbocycles. The van der Waals surface area contributed by atoms with E-state index in [1.54, 1.807) is 23.2 Å². The highest BCUT2D eigenvalue weighted by Gasteiger charge is 2.36. The number of rotatable bonds is 4. The van der Waals surface area contributed by atoms with Crippen molar-refractivity contribution in [1.82, 2.24) is 14.8 Å². The number of carbonyl (C=O) groups excluding carboxylic acids is 1. The molecule has 128 valence electrons. The monoisotopic (exact) mass is 333 g/mol. The third-order valence-corrected chi connectivity index (χ3v) is 4.20. The Morgan fingerprint density at radius 1 is 1.54 bits per heavy atom. The number of pyridine rings is 1. The predicted octanol–water partition coefficient (Wildman–Crippen LogP) is 0.812. The summed E-state index contributed by atoms with van der Waals surface area (Å²) in [6, 6.07) is 3.29. The number of hydrogen-bond donors (Lipinski definition) is 0. The van der Waals surface area contributed by atoms with Gasteiger partial charge in [-0.05, 0) is 25.5 Å². The van der Waals surface area contributed by atoms with Gasteiger partial charge in [-0.1, -0.05) is 0 Å². The second-order valence-corrected chi connectivity index (χ2v) is 6.03. The lowest BCUT2D eigenvalue weighted by atomic mass is 10.1. The molecule has 0 N–H and O–H groups in total. The van der Waals surface area contributed by atoms with Crippen LogP contribution in [0.25, 0.3) is 0 Å². The summed E-state index contributed by atoms with van der Waals surface area (Å²) in [5.41, 5.74) is 0.383. The van der Waals surface area contributed by atoms with Crippen LogP contribution in [0.4, 0.5) is 0 Å². The van der Waals surface area contributed by atoms with Crippen molar-refractivity contribution >= 4 is 11.9 Å². The van der Waals surface area contributed by atoms with Crippen molar-refractivity contribution in [2.75, 3.05) is 26.2 Å². The van der Waals surface area contributed by atoms with Crippen molar-refractivity contribution in [3.63, 3.8) is 0 Å². The Balaban J connectivity index is 1.78. The number of nitro groups is 1. The number of hydrogen-bond acceptors (Lipinski definition) is 5. The zero-order valence-corrected chi connectivity index (χ0v) is 13.4. The van der Waals surface area contributed by atoms with E-state index in [2.05, 4.69) is 10.1 Å². The van der Waals surface area contributed by atoms with Gasteiger partial charge in [-0.15, -0.1) is 0 Å². The maximum atomic E-state index is 12.6. The van der Waals surface area contributed by atoms with Gasteiger partial charge in [0.25, 0.3) is 11.9 Å². The van der Waals surface area contributed by atoms with Crippen molar-refractivity contribution in [2.45, 2.75) is 19.4 Å². The highest BCUT2D eigenvalue weighted by atomic mass is 16.7. The average Bonchev–Trinajstić information content (AvgIpc) is 3.14. The van der Waals surface area contributed by atoms with E-state index in [9.17, 15) is 14.9 Å². The van der Waals surface area contributed by atoms with Crippen LogP contribution in [0.5, 0.6) is 0 Å². The quantitative estimate of drug-likeness (QED) is 0.597. The minimum Gasteiger partial charge on any atom is -0.378 e. The third-order valence-electron chi connectivity index (χ3n) is 4.20. The lowest BCUT2D eigenvalue weighted by Crippen LogP contribution is -2.40. The summed E-state index contributed by atoms with van der Waals surface area (Å²) < 4.78 is 5.55. The van der Waals surface area contributed by atoms with Crippen LogP contribution < -0.4 is 0 Å². The van der Waals surface area contributed by atoms with Gasteiger partial charge in [-0.3, -0.25) is 14.7 Å². The number of aromatic nitrogens is 1. The van der Waals surface area contributed by atoms with Crippen LogP contribution >= 0.6 is 0 Å². The van der Waals surface area contributed by atoms with Crippen molar-refractivity contribution < 1.29 is 14.6 Å². The topological polar surface area (TPSA) is 101 Å². The standard InChI is InChI=1S/C15H19N5O4/c1-11-7-12(10-24-11)9-18-5-6-19(15(18)17-20(22)23)14(21)13-3-2-4-16-8-13/h2-4,8,11-12H,5-7,9-10H2,1H3. The Kier molecular flexibility index (Phi) is 4.70. The molecule has 9 nitrogen and oxygen atoms in total. The number of nitrogens with zero attached hydrogens (tertiary/aromatic N) is 5. The zero-order valence-electron chi connectivity index (χ0n) is 13.4. The molecule has 1 aromatic heterocycles. The van der Waals surface area contributed by atoms with Crippen molar-refractivity contribution in [2.24, 2.45) is 11.0 Å². The number of amides is 1. The lowest BCUT2D eigenvalue weighted by molar-refractivity contribution is -0.486. The van der Waals surface area contributed by atoms with E-state index in [1.807, 2.05) is 6.92 Å². The first-order valence-corrected chi connectivity index (χ1v) is 7.86. The van der Waals surface area contributed by atoms with Crippen LogP contribution in [-0.2, 0) is 4.74 Å². The first-order valence-electron chi connectivity index (χ1n) is 7.86. The molecular formula is C15H19N5O4. The summed E-state index contributed by atoms with van der Waals surface area (Å²) in [6.45, 7) is 4.11. The Morgan fingerprint density at radius 2 is 2.38 bits per heavy atom. The first-order chi connectivity index (χ1) is 11.5. The van der Waals surface area contributed by atoms with Crippen LogP contribution in [0.15, 0.2) is 29.6 Å². The molecule has 9 heteroatoms. The summed E-state index contributed by atoms with van der Waals surface area (Å²) in [7, 11) is 0. The zero-order chi connectivity index (χ0) is 17.1. The predicted molar refractivity (Wildman–Crippen MR) is 84.8 cm³/mol. The van der Waals surface area contributed by atoms with E-state index in [4.69, 9.17) is 4.74 Å². The van der Waals surface area contributed by atoms with Crippen LogP contribution in [0.3, 0.4) is 0 Å². The molecule has 2 saturated heterocycles. The summed E-state index contributed by atoms with van der Waals surface area (Å²) in [5.74, 6) is 0.0426. The molecule has 3 heterocycles. The maximum absolute atomic E-state index is 12.6. The van der Waals surface area contributed by atoms with E-state index in [1.165, 1.54) is 11.1 Å². The number of carbonyl (C=O) groups is 1. The molecule has 1 aromatic rings. The SMILES string of the molecule is CC1CC(CN2CCN(C(=O)c3cccnc3)C2=N[N+](=O)[O-])CO1. The second kappa shape index (κ2) is 6.91. The second-order valence-electron chi connectivity index (χ2n) is 6.03. The molecule has 1 amide bonds. The number of hydrazone groups is 1. The summed E-state index contributed by atoms with van der Waals surface area (Å²) in [6.07, 6.45) is 4.11. The van der Waals surface area contributed by atoms with Crippen LogP contribution in [-0.4, -0.2) is 64.0 Å². The van der Waals surface area contributed by atoms with Gasteiger partial charge in [0.2, 0.25) is 0 Å². The normalized spacial score (nSPS) is 25.5. The molecule has 3 rings (SSSR count). The Hall–Kier alpha value is -2.55. The van der Waals surface area contributed by atoms with Crippen molar-refractivity contribution in [3.8, 4) is 0 Å². The van der Waals surface area contributed by atoms with Gasteiger partial charge in [0, 0.05) is 37.9 Å². The molecule has 0 spiro atoms. The molecule has 0 aromatic carbocycles. The fourth-order valence-electron chi connectivity index (χ4n) is 3.14. The number of guanidine groups is 1. The minimum absolute atomic E-state index is 0.0911. The number of ether oxygens (including phenoxy) is 1. The average molecular weight is 333 g/mol. The molecule has 24 heavy (non-hydrogen) atoms. The molecule has 0 saturated carbocycles. The highest BCUT2D eigenvalue weighted by molar-refractivity contribution is 6.06. The van der Waals surface area contributed by atoms with E-state index in [-0.39, 0.29) is 23.9 Å². The van der Waals surface area contributed by atoms with Gasteiger partial charge in [0.1, 0.15) is 5.10 Å². The molecule has 0 bridgehead atoms. The van der Waals surface area contributed by atoms with Crippen LogP contribution in [0.2, 0.25) is 0 Å². The van der Waals surface area contributed by atoms with Gasteiger partial charge in [-0.25, -0.2) is 10.1 Å². The molecule has 2 aliphatic heterocycles. The highest BCUT2D eigenvalue weighted by Crippen LogP contribution is 2.22. The fourth-order valence-corrected chi connectivity index (χ4v) is 3.14. The molecular weight excluding hydrogens is 314 g/mol. The summed E-state index contributed by atoms with van der Waals surface area (Å²) >= 11 is 0. The summed E-state index contributed by atoms with van der Waals surface area (Å²) in [5, 5.41) is 13.6. The van der Waals surface area contributed by atoms with Gasteiger partial charge >= 0.3 is 0 Å². The van der Waals surface area contributed by atoms with Crippen LogP contribution in [0.1, 0.15) is 23.7 Å². The van der Waals surface area contributed by atoms with Crippen LogP contribution in [0, 0.1) is 16.0 Å². The van der Waals surface area contributed by atoms with E-state index in [0.29, 0.717) is 31.8 Å². The maximum Gasteiger partial charge on any atom is 0.281 e. The first kappa shape index (κ1) is 16.3. The Bertz CT molecular complexity index is 651. The minimum atomic E-state index is -0.759. The van der Waals surface area contributed by atoms with Gasteiger partial charge in [0.15, 0.2) is 5.03 Å². The fraction of sp³-hybridized carbons (Fsp3) is 0.533. The Labute approximate surface area is 139 Å². The van der Waals surface area contributed by atoms with Gasteiger partial charge in [-0.2, -0.15) is 0 Å². The van der Waals surface area contributed by atoms with E-state index in [0.717, 1.165) is 6.42 Å². The molecule has 0 radical (unpaired) electrons. The lowest BCUT2D eigenvalue weighted by Gasteiger charge is -2.21. The molecule has 2 fully saturated rings. The summed E-state index contributed by atoms with van der Waals surface area (Å²) in [4.78, 5) is 30.6. The largest absolute Gasteiger partial charge is 0.378 e. The Morgan fingerprint density at radius 3 is 3.00 bits per heavy atom. The van der Waals surface area contributed by atoms with Crippen molar-refractivity contribution in [1.29, 1.82) is 0 Å². The molecule has 2 atom stereocenters. The smallest absolute Gasteiger partial charge is 0.281 e. The third kappa shape index (κ3) is 3.51. The van der Waals surface area contributed by atoms with Gasteiger partial charge < -0.3 is 9.64 Å². The molecule has 2 aliphatic rings. The van der Waals surface area contributed by atoms with Gasteiger partial charge in [0.05, 0.1) is 18.3 Å². The van der Waals surface area contributed by atoms with Crippen molar-refractivity contribution in [3.05, 3.63) is 40.2 Å². The van der Waals surface area contributed by atoms with E-state index >= 15 is 0 Å². The van der Waals surface area contributed by atoms with E-state index < -0.39 is 5.03 Å². The molecule has 2 unspecified atom stereocenters.